The van der Waals surface area contributed by atoms with Crippen LogP contribution in [0.25, 0.3) is 0 Å². The Hall–Kier alpha value is -6.81. The average molecular weight is 1180 g/mol. The molecule has 9 amide bonds. The van der Waals surface area contributed by atoms with Crippen molar-refractivity contribution in [3.8, 4) is 5.75 Å². The maximum Gasteiger partial charge on any atom is 0.329 e. The van der Waals surface area contributed by atoms with Gasteiger partial charge in [-0.3, -0.25) is 47.9 Å². The zero-order chi connectivity index (χ0) is 64.0. The van der Waals surface area contributed by atoms with Gasteiger partial charge in [-0.15, -0.1) is 0 Å². The van der Waals surface area contributed by atoms with Crippen LogP contribution in [0.3, 0.4) is 0 Å². The minimum Gasteiger partial charge on any atom is -0.497 e. The summed E-state index contributed by atoms with van der Waals surface area (Å²) in [5.41, 5.74) is -0.414. The van der Waals surface area contributed by atoms with Gasteiger partial charge in [-0.1, -0.05) is 94.2 Å². The molecule has 3 N–H and O–H groups in total. The summed E-state index contributed by atoms with van der Waals surface area (Å²) in [5, 5.41) is 8.30. The molecule has 2 heterocycles. The van der Waals surface area contributed by atoms with Gasteiger partial charge in [0.25, 0.3) is 5.91 Å². The summed E-state index contributed by atoms with van der Waals surface area (Å²) in [5.74, 6) is -10.4. The van der Waals surface area contributed by atoms with Gasteiger partial charge in [0.2, 0.25) is 47.3 Å². The number of cyclic esters (lactones) is 1. The summed E-state index contributed by atoms with van der Waals surface area (Å²) in [6, 6.07) is -3.55. The standard InChI is InChI=1S/C61H99N9O14/c1-21-37(9)50-52(73)62-33-45(71)66(16)48(35(5)6)53(74)63-42(31-40-26-28-41(82-20)29-27-40)60(81)83-39(11)55(76)70-30-24-23-25-43(70)56(77)67(17)49(36(7)8)54(75)64-47(34(3)4)58(79)65(15)44(32-46(72)84-61(12,13)14)57(78)69(19)51(38(10)22-2)59(80)68(50)18/h26-29,34-39,42-44,47-51H,21-25,30-33H2,1-20H3,(H,62,73)(H,63,74)(H,64,75)/t37-,38-,39-,42-,43-,44-,47+,48-,49-,50?,51?/m0/s1. The molecule has 2 unspecified atom stereocenters. The first kappa shape index (κ1) is 71.5. The van der Waals surface area contributed by atoms with E-state index in [9.17, 15) is 43.2 Å². The van der Waals surface area contributed by atoms with Crippen molar-refractivity contribution in [2.75, 3.05) is 55.4 Å². The Morgan fingerprint density at radius 2 is 1.15 bits per heavy atom. The molecule has 0 radical (unpaired) electrons. The second-order valence-corrected chi connectivity index (χ2v) is 24.8. The third-order valence-electron chi connectivity index (χ3n) is 16.2. The maximum atomic E-state index is 15.2. The number of piperidine rings is 1. The molecular formula is C61H99N9O14. The monoisotopic (exact) mass is 1180 g/mol. The van der Waals surface area contributed by atoms with Crippen molar-refractivity contribution in [2.45, 2.75) is 202 Å². The number of ether oxygens (including phenoxy) is 3. The highest BCUT2D eigenvalue weighted by molar-refractivity contribution is 5.99. The van der Waals surface area contributed by atoms with E-state index in [2.05, 4.69) is 16.0 Å². The van der Waals surface area contributed by atoms with Crippen LogP contribution >= 0.6 is 0 Å². The summed E-state index contributed by atoms with van der Waals surface area (Å²) in [4.78, 5) is 168. The fourth-order valence-corrected chi connectivity index (χ4v) is 11.0. The van der Waals surface area contributed by atoms with Crippen LogP contribution in [-0.2, 0) is 68.6 Å². The molecule has 0 aromatic heterocycles. The van der Waals surface area contributed by atoms with E-state index in [1.54, 1.807) is 100 Å². The molecule has 84 heavy (non-hydrogen) atoms. The van der Waals surface area contributed by atoms with E-state index in [-0.39, 0.29) is 19.4 Å². The number of hydrogen-bond donors (Lipinski definition) is 3. The van der Waals surface area contributed by atoms with Gasteiger partial charge in [0, 0.05) is 48.2 Å². The molecule has 1 aromatic rings. The Balaban J connectivity index is 2.31. The zero-order valence-corrected chi connectivity index (χ0v) is 53.7. The first-order chi connectivity index (χ1) is 39.1. The van der Waals surface area contributed by atoms with E-state index in [1.165, 1.54) is 68.9 Å². The van der Waals surface area contributed by atoms with E-state index >= 15 is 9.59 Å². The van der Waals surface area contributed by atoms with Gasteiger partial charge in [0.05, 0.1) is 20.1 Å². The van der Waals surface area contributed by atoms with Crippen molar-refractivity contribution in [3.63, 3.8) is 0 Å². The molecule has 472 valence electrons. The van der Waals surface area contributed by atoms with Crippen LogP contribution < -0.4 is 20.7 Å². The van der Waals surface area contributed by atoms with Gasteiger partial charge in [-0.25, -0.2) is 4.79 Å². The van der Waals surface area contributed by atoms with Crippen LogP contribution in [0.15, 0.2) is 24.3 Å². The van der Waals surface area contributed by atoms with Crippen LogP contribution in [0.1, 0.15) is 141 Å². The molecule has 2 aliphatic rings. The summed E-state index contributed by atoms with van der Waals surface area (Å²) >= 11 is 0. The maximum absolute atomic E-state index is 15.2. The largest absolute Gasteiger partial charge is 0.497 e. The number of carbonyl (C=O) groups is 11. The van der Waals surface area contributed by atoms with Crippen LogP contribution in [0.5, 0.6) is 5.75 Å². The topological polar surface area (TPSA) is 271 Å². The third kappa shape index (κ3) is 18.3. The zero-order valence-electron chi connectivity index (χ0n) is 53.7. The highest BCUT2D eigenvalue weighted by Crippen LogP contribution is 2.27. The highest BCUT2D eigenvalue weighted by atomic mass is 16.6. The van der Waals surface area contributed by atoms with Gasteiger partial charge >= 0.3 is 11.9 Å². The molecule has 23 heteroatoms. The van der Waals surface area contributed by atoms with Crippen LogP contribution in [0.4, 0.5) is 0 Å². The summed E-state index contributed by atoms with van der Waals surface area (Å²) in [7, 11) is 8.45. The number of rotatable bonds is 12. The van der Waals surface area contributed by atoms with Crippen LogP contribution in [0, 0.1) is 29.6 Å². The van der Waals surface area contributed by atoms with E-state index in [0.717, 1.165) is 9.80 Å². The molecule has 2 saturated heterocycles. The van der Waals surface area contributed by atoms with Crippen LogP contribution in [-0.4, -0.2) is 210 Å². The Morgan fingerprint density at radius 3 is 1.68 bits per heavy atom. The summed E-state index contributed by atoms with van der Waals surface area (Å²) in [6.07, 6.45) is -0.194. The van der Waals surface area contributed by atoms with E-state index in [1.807, 2.05) is 13.8 Å². The van der Waals surface area contributed by atoms with Crippen LogP contribution in [0.2, 0.25) is 0 Å². The molecule has 2 fully saturated rings. The lowest BCUT2D eigenvalue weighted by Crippen LogP contribution is -2.63. The number of hydrogen-bond acceptors (Lipinski definition) is 14. The van der Waals surface area contributed by atoms with E-state index in [4.69, 9.17) is 14.2 Å². The second kappa shape index (κ2) is 31.4. The number of likely N-dealkylation sites (N-methyl/N-ethyl adjacent to an activating group) is 5. The number of esters is 2. The number of methoxy groups -OCH3 is 1. The van der Waals surface area contributed by atoms with Gasteiger partial charge in [-0.05, 0) is 94.2 Å². The number of nitrogens with zero attached hydrogens (tertiary/aromatic N) is 6. The average Bonchev–Trinajstić information content (AvgIpc) is 3.43. The molecular weight excluding hydrogens is 1080 g/mol. The first-order valence-corrected chi connectivity index (χ1v) is 29.6. The number of benzene rings is 1. The predicted molar refractivity (Wildman–Crippen MR) is 315 cm³/mol. The van der Waals surface area contributed by atoms with Gasteiger partial charge in [0.15, 0.2) is 6.10 Å². The van der Waals surface area contributed by atoms with Gasteiger partial charge < -0.3 is 59.6 Å². The van der Waals surface area contributed by atoms with Crippen molar-refractivity contribution < 1.29 is 67.0 Å². The molecule has 0 bridgehead atoms. The number of fused-ring (bicyclic) bond motifs is 1. The smallest absolute Gasteiger partial charge is 0.329 e. The molecule has 2 aliphatic heterocycles. The van der Waals surface area contributed by atoms with Crippen molar-refractivity contribution in [3.05, 3.63) is 29.8 Å². The number of amides is 9. The molecule has 3 rings (SSSR count). The van der Waals surface area contributed by atoms with Gasteiger partial charge in [-0.2, -0.15) is 0 Å². The SMILES string of the molecule is CC[C@H](C)C1C(=O)NCC(=O)N(C)[C@@H](C(C)C)C(=O)N[C@@H](Cc2ccc(OC)cc2)C(=O)O[C@@H](C)C(=O)N2CCCC[C@H]2C(=O)N(C)[C@@H](C(C)C)C(=O)N[C@H](C(C)C)C(=O)N(C)[C@@H](CC(=O)OC(C)(C)C)C(=O)N(C)C([C@@H](C)CC)C(=O)N1C. The fourth-order valence-electron chi connectivity index (χ4n) is 11.0. The Morgan fingerprint density at radius 1 is 0.631 bits per heavy atom. The third-order valence-corrected chi connectivity index (χ3v) is 16.2. The van der Waals surface area contributed by atoms with E-state index in [0.29, 0.717) is 37.0 Å². The minimum atomic E-state index is -1.59. The lowest BCUT2D eigenvalue weighted by Gasteiger charge is -2.41. The molecule has 0 saturated carbocycles. The fraction of sp³-hybridized carbons (Fsp3) is 0.721. The summed E-state index contributed by atoms with van der Waals surface area (Å²) in [6.45, 7) is 23.2. The van der Waals surface area contributed by atoms with Gasteiger partial charge in [0.1, 0.15) is 59.7 Å². The predicted octanol–water partition coefficient (Wildman–Crippen LogP) is 3.58. The number of nitrogens with one attached hydrogen (secondary N) is 3. The molecule has 0 spiro atoms. The quantitative estimate of drug-likeness (QED) is 0.253. The second-order valence-electron chi connectivity index (χ2n) is 24.8. The molecule has 23 nitrogen and oxygen atoms in total. The highest BCUT2D eigenvalue weighted by Gasteiger charge is 2.46. The number of carbonyl (C=O) groups excluding carboxylic acids is 11. The van der Waals surface area contributed by atoms with Crippen molar-refractivity contribution >= 4 is 65.1 Å². The first-order valence-electron chi connectivity index (χ1n) is 29.6. The normalized spacial score (nSPS) is 26.2. The van der Waals surface area contributed by atoms with E-state index < -0.39 is 168 Å². The summed E-state index contributed by atoms with van der Waals surface area (Å²) < 4.78 is 16.9. The Kier molecular flexibility index (Phi) is 26.7. The lowest BCUT2D eigenvalue weighted by molar-refractivity contribution is -0.165. The molecule has 0 aliphatic carbocycles. The van der Waals surface area contributed by atoms with Crippen molar-refractivity contribution in [2.24, 2.45) is 29.6 Å². The Labute approximate surface area is 498 Å². The Bertz CT molecular complexity index is 2500. The van der Waals surface area contributed by atoms with Crippen molar-refractivity contribution in [1.82, 2.24) is 45.3 Å². The molecule has 11 atom stereocenters. The van der Waals surface area contributed by atoms with Crippen molar-refractivity contribution in [1.29, 1.82) is 0 Å². The molecule has 1 aromatic carbocycles. The lowest BCUT2D eigenvalue weighted by atomic mass is 9.92. The minimum absolute atomic E-state index is 0.112.